The van der Waals surface area contributed by atoms with Crippen molar-refractivity contribution in [3.05, 3.63) is 24.5 Å². The molecule has 1 aromatic heterocycles. The predicted molar refractivity (Wildman–Crippen MR) is 107 cm³/mol. The molecular formula is C20H36N4O3. The van der Waals surface area contributed by atoms with Gasteiger partial charge in [-0.05, 0) is 18.6 Å². The second-order valence-electron chi connectivity index (χ2n) is 8.44. The number of nitrogens with two attached hydrogens (primary N) is 1. The van der Waals surface area contributed by atoms with Crippen molar-refractivity contribution in [2.45, 2.75) is 53.6 Å². The highest BCUT2D eigenvalue weighted by molar-refractivity contribution is 5.81. The normalized spacial score (nSPS) is 15.0. The van der Waals surface area contributed by atoms with Crippen LogP contribution in [0.25, 0.3) is 0 Å². The van der Waals surface area contributed by atoms with Gasteiger partial charge in [0, 0.05) is 49.8 Å². The monoisotopic (exact) mass is 380 g/mol. The second-order valence-corrected chi connectivity index (χ2v) is 8.44. The summed E-state index contributed by atoms with van der Waals surface area (Å²) in [5, 5.41) is 5.79. The van der Waals surface area contributed by atoms with Crippen LogP contribution in [-0.4, -0.2) is 48.7 Å². The van der Waals surface area contributed by atoms with Gasteiger partial charge >= 0.3 is 0 Å². The molecule has 1 rings (SSSR count). The molecule has 0 fully saturated rings. The van der Waals surface area contributed by atoms with Gasteiger partial charge in [0.25, 0.3) is 0 Å². The van der Waals surface area contributed by atoms with Crippen molar-refractivity contribution in [2.75, 3.05) is 26.3 Å². The van der Waals surface area contributed by atoms with Crippen molar-refractivity contribution in [3.8, 4) is 0 Å². The fraction of sp³-hybridized carbons (Fsp3) is 0.700. The Kier molecular flexibility index (Phi) is 8.99. The average molecular weight is 381 g/mol. The summed E-state index contributed by atoms with van der Waals surface area (Å²) < 4.78 is 7.81. The molecule has 154 valence electrons. The lowest BCUT2D eigenvalue weighted by atomic mass is 9.88. The first-order valence-electron chi connectivity index (χ1n) is 9.53. The molecule has 1 heterocycles. The molecule has 0 aromatic carbocycles. The largest absolute Gasteiger partial charge is 0.380 e. The van der Waals surface area contributed by atoms with Crippen molar-refractivity contribution in [1.29, 1.82) is 0 Å². The molecule has 7 heteroatoms. The lowest BCUT2D eigenvalue weighted by molar-refractivity contribution is -0.123. The summed E-state index contributed by atoms with van der Waals surface area (Å²) in [6, 6.07) is 3.22. The number of hydrogen-bond acceptors (Lipinski definition) is 4. The maximum Gasteiger partial charge on any atom is 0.238 e. The van der Waals surface area contributed by atoms with Gasteiger partial charge in [-0.3, -0.25) is 9.59 Å². The first-order valence-corrected chi connectivity index (χ1v) is 9.53. The maximum absolute atomic E-state index is 12.2. The molecule has 0 aliphatic carbocycles. The maximum atomic E-state index is 12.2. The zero-order valence-electron chi connectivity index (χ0n) is 17.4. The first-order chi connectivity index (χ1) is 12.6. The number of carbonyl (C=O) groups is 2. The Balaban J connectivity index is 2.37. The third-order valence-corrected chi connectivity index (χ3v) is 4.71. The highest BCUT2D eigenvalue weighted by atomic mass is 16.5. The van der Waals surface area contributed by atoms with Crippen LogP contribution in [0, 0.1) is 10.8 Å². The van der Waals surface area contributed by atoms with Gasteiger partial charge in [-0.25, -0.2) is 0 Å². The number of rotatable bonds is 12. The smallest absolute Gasteiger partial charge is 0.238 e. The van der Waals surface area contributed by atoms with E-state index in [0.717, 1.165) is 6.42 Å². The second kappa shape index (κ2) is 10.5. The molecule has 2 unspecified atom stereocenters. The van der Waals surface area contributed by atoms with Crippen LogP contribution in [0.4, 0.5) is 0 Å². The van der Waals surface area contributed by atoms with E-state index in [-0.39, 0.29) is 22.6 Å². The summed E-state index contributed by atoms with van der Waals surface area (Å²) in [6.45, 7) is 12.4. The fourth-order valence-electron chi connectivity index (χ4n) is 2.50. The summed E-state index contributed by atoms with van der Waals surface area (Å²) in [4.78, 5) is 23.4. The van der Waals surface area contributed by atoms with Crippen LogP contribution in [0.1, 0.15) is 41.0 Å². The van der Waals surface area contributed by atoms with E-state index in [9.17, 15) is 9.59 Å². The van der Waals surface area contributed by atoms with Gasteiger partial charge in [-0.2, -0.15) is 0 Å². The molecule has 7 nitrogen and oxygen atoms in total. The summed E-state index contributed by atoms with van der Waals surface area (Å²) in [5.74, 6) is -0.199. The van der Waals surface area contributed by atoms with E-state index >= 15 is 0 Å². The van der Waals surface area contributed by atoms with Crippen LogP contribution >= 0.6 is 0 Å². The molecule has 0 aliphatic rings. The molecule has 2 amide bonds. The number of nitrogens with one attached hydrogen (secondary N) is 2. The lowest BCUT2D eigenvalue weighted by Crippen LogP contribution is -2.47. The van der Waals surface area contributed by atoms with Crippen molar-refractivity contribution >= 4 is 11.8 Å². The van der Waals surface area contributed by atoms with E-state index in [2.05, 4.69) is 24.5 Å². The first kappa shape index (κ1) is 23.2. The number of carbonyl (C=O) groups excluding carboxylic acids is 2. The zero-order valence-corrected chi connectivity index (χ0v) is 17.4. The highest BCUT2D eigenvalue weighted by Crippen LogP contribution is 2.22. The minimum atomic E-state index is -0.588. The summed E-state index contributed by atoms with van der Waals surface area (Å²) in [7, 11) is 0. The number of ether oxygens (including phenoxy) is 1. The number of amides is 2. The Hall–Kier alpha value is -1.86. The van der Waals surface area contributed by atoms with Gasteiger partial charge in [-0.1, -0.05) is 27.7 Å². The van der Waals surface area contributed by atoms with Crippen molar-refractivity contribution in [2.24, 2.45) is 16.6 Å². The molecule has 27 heavy (non-hydrogen) atoms. The molecular weight excluding hydrogens is 344 g/mol. The summed E-state index contributed by atoms with van der Waals surface area (Å²) in [5.41, 5.74) is 5.65. The van der Waals surface area contributed by atoms with E-state index in [1.165, 1.54) is 6.92 Å². The standard InChI is InChI=1S/C20H36N4O3/c1-6-20(5,13-22-16(2)25)15-27-14-19(3,4)12-23-18(26)17(21)11-24-9-7-8-10-24/h7-10,17H,6,11-15,21H2,1-5H3,(H,22,25)(H,23,26). The van der Waals surface area contributed by atoms with Crippen LogP contribution in [0.2, 0.25) is 0 Å². The van der Waals surface area contributed by atoms with E-state index in [1.807, 2.05) is 42.9 Å². The minimum absolute atomic E-state index is 0.0334. The minimum Gasteiger partial charge on any atom is -0.380 e. The van der Waals surface area contributed by atoms with E-state index in [1.54, 1.807) is 0 Å². The highest BCUT2D eigenvalue weighted by Gasteiger charge is 2.26. The molecule has 1 aromatic rings. The van der Waals surface area contributed by atoms with Gasteiger partial charge < -0.3 is 25.7 Å². The Morgan fingerprint density at radius 3 is 2.30 bits per heavy atom. The third kappa shape index (κ3) is 9.06. The van der Waals surface area contributed by atoms with Gasteiger partial charge in [0.05, 0.1) is 13.2 Å². The molecule has 0 aliphatic heterocycles. The molecule has 0 radical (unpaired) electrons. The molecule has 0 spiro atoms. The quantitative estimate of drug-likeness (QED) is 0.512. The van der Waals surface area contributed by atoms with Crippen molar-refractivity contribution in [1.82, 2.24) is 15.2 Å². The lowest BCUT2D eigenvalue weighted by Gasteiger charge is -2.31. The zero-order chi connectivity index (χ0) is 20.5. The molecule has 2 atom stereocenters. The SMILES string of the molecule is CCC(C)(CNC(C)=O)COCC(C)(C)CNC(=O)C(N)Cn1cccc1. The van der Waals surface area contributed by atoms with Gasteiger partial charge in [-0.15, -0.1) is 0 Å². The van der Waals surface area contributed by atoms with Gasteiger partial charge in [0.2, 0.25) is 11.8 Å². The molecule has 0 saturated heterocycles. The third-order valence-electron chi connectivity index (χ3n) is 4.71. The van der Waals surface area contributed by atoms with Crippen LogP contribution in [-0.2, 0) is 20.9 Å². The molecule has 0 bridgehead atoms. The van der Waals surface area contributed by atoms with Crippen LogP contribution < -0.4 is 16.4 Å². The van der Waals surface area contributed by atoms with Crippen LogP contribution in [0.5, 0.6) is 0 Å². The summed E-state index contributed by atoms with van der Waals surface area (Å²) in [6.07, 6.45) is 4.67. The average Bonchev–Trinajstić information content (AvgIpc) is 3.10. The van der Waals surface area contributed by atoms with E-state index in [0.29, 0.717) is 32.8 Å². The van der Waals surface area contributed by atoms with E-state index < -0.39 is 6.04 Å². The molecule has 4 N–H and O–H groups in total. The number of nitrogens with zero attached hydrogens (tertiary/aromatic N) is 1. The Morgan fingerprint density at radius 1 is 1.11 bits per heavy atom. The van der Waals surface area contributed by atoms with Crippen molar-refractivity contribution < 1.29 is 14.3 Å². The predicted octanol–water partition coefficient (Wildman–Crippen LogP) is 1.53. The topological polar surface area (TPSA) is 98.4 Å². The Labute approximate surface area is 163 Å². The Bertz CT molecular complexity index is 586. The van der Waals surface area contributed by atoms with Gasteiger partial charge in [0.1, 0.15) is 6.04 Å². The van der Waals surface area contributed by atoms with Crippen LogP contribution in [0.3, 0.4) is 0 Å². The van der Waals surface area contributed by atoms with Crippen molar-refractivity contribution in [3.63, 3.8) is 0 Å². The molecule has 0 saturated carbocycles. The van der Waals surface area contributed by atoms with Crippen LogP contribution in [0.15, 0.2) is 24.5 Å². The Morgan fingerprint density at radius 2 is 1.74 bits per heavy atom. The fourth-order valence-corrected chi connectivity index (χ4v) is 2.50. The van der Waals surface area contributed by atoms with Gasteiger partial charge in [0.15, 0.2) is 0 Å². The number of aromatic nitrogens is 1. The summed E-state index contributed by atoms with van der Waals surface area (Å²) >= 11 is 0. The van der Waals surface area contributed by atoms with E-state index in [4.69, 9.17) is 10.5 Å². The number of hydrogen-bond donors (Lipinski definition) is 3.